The standard InChI is InChI=1S/C19H19NO3/c1-13-17(19(22)23-2)7-6-16-8-9-20(18(13)16)11-14-4-3-5-15(10-14)12-21/h3-10,21H,11-12H2,1-2H3. The molecule has 0 fully saturated rings. The van der Waals surface area contributed by atoms with Crippen molar-refractivity contribution in [3.63, 3.8) is 0 Å². The summed E-state index contributed by atoms with van der Waals surface area (Å²) in [7, 11) is 1.39. The van der Waals surface area contributed by atoms with E-state index >= 15 is 0 Å². The number of aromatic nitrogens is 1. The Balaban J connectivity index is 2.05. The minimum atomic E-state index is -0.320. The van der Waals surface area contributed by atoms with Crippen LogP contribution < -0.4 is 0 Å². The van der Waals surface area contributed by atoms with Crippen molar-refractivity contribution in [1.82, 2.24) is 4.57 Å². The normalized spacial score (nSPS) is 10.9. The molecule has 0 spiro atoms. The molecule has 0 saturated carbocycles. The zero-order valence-corrected chi connectivity index (χ0v) is 13.2. The number of nitrogens with zero attached hydrogens (tertiary/aromatic N) is 1. The summed E-state index contributed by atoms with van der Waals surface area (Å²) in [6.45, 7) is 2.66. The van der Waals surface area contributed by atoms with Crippen molar-refractivity contribution < 1.29 is 14.6 Å². The van der Waals surface area contributed by atoms with Gasteiger partial charge in [-0.3, -0.25) is 0 Å². The van der Waals surface area contributed by atoms with Crippen LogP contribution in [0.3, 0.4) is 0 Å². The molecule has 0 aliphatic heterocycles. The first-order valence-electron chi connectivity index (χ1n) is 7.49. The number of aryl methyl sites for hydroxylation is 1. The highest BCUT2D eigenvalue weighted by atomic mass is 16.5. The van der Waals surface area contributed by atoms with E-state index in [0.29, 0.717) is 12.1 Å². The first kappa shape index (κ1) is 15.3. The third kappa shape index (κ3) is 2.85. The summed E-state index contributed by atoms with van der Waals surface area (Å²) < 4.78 is 6.97. The van der Waals surface area contributed by atoms with Crippen molar-refractivity contribution in [2.45, 2.75) is 20.1 Å². The second kappa shape index (κ2) is 6.26. The molecule has 0 aliphatic rings. The lowest BCUT2D eigenvalue weighted by Gasteiger charge is -2.11. The summed E-state index contributed by atoms with van der Waals surface area (Å²) >= 11 is 0. The number of hydrogen-bond donors (Lipinski definition) is 1. The predicted octanol–water partition coefficient (Wildman–Crippen LogP) is 3.28. The molecule has 1 N–H and O–H groups in total. The van der Waals surface area contributed by atoms with E-state index in [0.717, 1.165) is 27.6 Å². The molecule has 0 bridgehead atoms. The van der Waals surface area contributed by atoms with Gasteiger partial charge in [0.05, 0.1) is 24.8 Å². The van der Waals surface area contributed by atoms with Gasteiger partial charge in [0, 0.05) is 12.7 Å². The number of benzene rings is 2. The highest BCUT2D eigenvalue weighted by Gasteiger charge is 2.14. The average molecular weight is 309 g/mol. The van der Waals surface area contributed by atoms with E-state index in [4.69, 9.17) is 4.74 Å². The molecule has 0 unspecified atom stereocenters. The Morgan fingerprint density at radius 2 is 1.96 bits per heavy atom. The van der Waals surface area contributed by atoms with Gasteiger partial charge in [0.1, 0.15) is 0 Å². The topological polar surface area (TPSA) is 51.5 Å². The number of fused-ring (bicyclic) bond motifs is 1. The molecule has 0 saturated heterocycles. The van der Waals surface area contributed by atoms with Crippen molar-refractivity contribution in [3.05, 3.63) is 70.9 Å². The third-order valence-corrected chi connectivity index (χ3v) is 4.12. The van der Waals surface area contributed by atoms with Crippen LogP contribution in [-0.4, -0.2) is 22.8 Å². The molecule has 0 amide bonds. The Bertz CT molecular complexity index is 864. The molecule has 0 atom stereocenters. The molecule has 4 heteroatoms. The van der Waals surface area contributed by atoms with Crippen LogP contribution in [0.5, 0.6) is 0 Å². The van der Waals surface area contributed by atoms with E-state index in [2.05, 4.69) is 4.57 Å². The molecule has 1 aromatic heterocycles. The average Bonchev–Trinajstić information content (AvgIpc) is 2.98. The fourth-order valence-electron chi connectivity index (χ4n) is 2.97. The fourth-order valence-corrected chi connectivity index (χ4v) is 2.97. The molecule has 2 aromatic carbocycles. The minimum absolute atomic E-state index is 0.0335. The molecule has 3 aromatic rings. The lowest BCUT2D eigenvalue weighted by Crippen LogP contribution is -2.06. The Hall–Kier alpha value is -2.59. The highest BCUT2D eigenvalue weighted by molar-refractivity contribution is 5.97. The largest absolute Gasteiger partial charge is 0.465 e. The van der Waals surface area contributed by atoms with Crippen LogP contribution in [0.4, 0.5) is 0 Å². The Morgan fingerprint density at radius 1 is 1.17 bits per heavy atom. The van der Waals surface area contributed by atoms with Gasteiger partial charge in [-0.1, -0.05) is 30.3 Å². The summed E-state index contributed by atoms with van der Waals surface area (Å²) in [6, 6.07) is 13.7. The number of aliphatic hydroxyl groups excluding tert-OH is 1. The van der Waals surface area contributed by atoms with E-state index in [9.17, 15) is 9.90 Å². The molecule has 118 valence electrons. The Morgan fingerprint density at radius 3 is 2.70 bits per heavy atom. The van der Waals surface area contributed by atoms with Gasteiger partial charge in [0.15, 0.2) is 0 Å². The predicted molar refractivity (Wildman–Crippen MR) is 89.5 cm³/mol. The molecular formula is C19H19NO3. The summed E-state index contributed by atoms with van der Waals surface area (Å²) in [5.41, 5.74) is 4.53. The molecule has 3 rings (SSSR count). The van der Waals surface area contributed by atoms with Crippen LogP contribution >= 0.6 is 0 Å². The van der Waals surface area contributed by atoms with E-state index in [1.165, 1.54) is 7.11 Å². The van der Waals surface area contributed by atoms with E-state index < -0.39 is 0 Å². The molecule has 0 aliphatic carbocycles. The number of rotatable bonds is 4. The van der Waals surface area contributed by atoms with Crippen LogP contribution in [0.15, 0.2) is 48.7 Å². The van der Waals surface area contributed by atoms with Crippen molar-refractivity contribution in [2.24, 2.45) is 0 Å². The maximum Gasteiger partial charge on any atom is 0.338 e. The third-order valence-electron chi connectivity index (χ3n) is 4.12. The second-order valence-electron chi connectivity index (χ2n) is 5.59. The molecular weight excluding hydrogens is 290 g/mol. The van der Waals surface area contributed by atoms with Crippen LogP contribution in [0.1, 0.15) is 27.0 Å². The molecule has 23 heavy (non-hydrogen) atoms. The highest BCUT2D eigenvalue weighted by Crippen LogP contribution is 2.24. The number of esters is 1. The van der Waals surface area contributed by atoms with Gasteiger partial charge in [-0.15, -0.1) is 0 Å². The van der Waals surface area contributed by atoms with E-state index in [1.54, 1.807) is 6.07 Å². The summed E-state index contributed by atoms with van der Waals surface area (Å²) in [6.07, 6.45) is 2.02. The molecule has 1 heterocycles. The van der Waals surface area contributed by atoms with Gasteiger partial charge in [-0.2, -0.15) is 0 Å². The number of carbonyl (C=O) groups excluding carboxylic acids is 1. The number of carbonyl (C=O) groups is 1. The van der Waals surface area contributed by atoms with Gasteiger partial charge in [-0.05, 0) is 41.1 Å². The second-order valence-corrected chi connectivity index (χ2v) is 5.59. The minimum Gasteiger partial charge on any atom is -0.465 e. The fraction of sp³-hybridized carbons (Fsp3) is 0.211. The quantitative estimate of drug-likeness (QED) is 0.753. The van der Waals surface area contributed by atoms with Crippen molar-refractivity contribution in [1.29, 1.82) is 0 Å². The lowest BCUT2D eigenvalue weighted by molar-refractivity contribution is 0.0600. The first-order valence-corrected chi connectivity index (χ1v) is 7.49. The summed E-state index contributed by atoms with van der Waals surface area (Å²) in [5.74, 6) is -0.320. The zero-order chi connectivity index (χ0) is 16.4. The van der Waals surface area contributed by atoms with Crippen molar-refractivity contribution in [2.75, 3.05) is 7.11 Å². The number of hydrogen-bond acceptors (Lipinski definition) is 3. The van der Waals surface area contributed by atoms with Crippen LogP contribution in [-0.2, 0) is 17.9 Å². The van der Waals surface area contributed by atoms with Crippen LogP contribution in [0, 0.1) is 6.92 Å². The monoisotopic (exact) mass is 309 g/mol. The molecule has 4 nitrogen and oxygen atoms in total. The van der Waals surface area contributed by atoms with Crippen LogP contribution in [0.2, 0.25) is 0 Å². The Labute approximate surface area is 134 Å². The van der Waals surface area contributed by atoms with Crippen molar-refractivity contribution >= 4 is 16.9 Å². The summed E-state index contributed by atoms with van der Waals surface area (Å²) in [4.78, 5) is 11.9. The SMILES string of the molecule is COC(=O)c1ccc2ccn(Cc3cccc(CO)c3)c2c1C. The maximum atomic E-state index is 11.9. The van der Waals surface area contributed by atoms with Gasteiger partial charge in [0.25, 0.3) is 0 Å². The van der Waals surface area contributed by atoms with Crippen LogP contribution in [0.25, 0.3) is 10.9 Å². The Kier molecular flexibility index (Phi) is 4.17. The maximum absolute atomic E-state index is 11.9. The van der Waals surface area contributed by atoms with Gasteiger partial charge < -0.3 is 14.4 Å². The van der Waals surface area contributed by atoms with Gasteiger partial charge in [-0.25, -0.2) is 4.79 Å². The number of methoxy groups -OCH3 is 1. The van der Waals surface area contributed by atoms with Crippen molar-refractivity contribution in [3.8, 4) is 0 Å². The first-order chi connectivity index (χ1) is 11.1. The lowest BCUT2D eigenvalue weighted by atomic mass is 10.1. The smallest absolute Gasteiger partial charge is 0.338 e. The molecule has 0 radical (unpaired) electrons. The van der Waals surface area contributed by atoms with E-state index in [1.807, 2.05) is 49.5 Å². The van der Waals surface area contributed by atoms with Gasteiger partial charge in [0.2, 0.25) is 0 Å². The summed E-state index contributed by atoms with van der Waals surface area (Å²) in [5, 5.41) is 10.4. The van der Waals surface area contributed by atoms with Gasteiger partial charge >= 0.3 is 5.97 Å². The number of aliphatic hydroxyl groups is 1. The zero-order valence-electron chi connectivity index (χ0n) is 13.2. The van der Waals surface area contributed by atoms with E-state index in [-0.39, 0.29) is 12.6 Å². The number of ether oxygens (including phenoxy) is 1.